The van der Waals surface area contributed by atoms with Crippen LogP contribution in [0.1, 0.15) is 19.3 Å². The van der Waals surface area contributed by atoms with Crippen molar-refractivity contribution in [3.8, 4) is 0 Å². The van der Waals surface area contributed by atoms with E-state index in [4.69, 9.17) is 19.9 Å². The van der Waals surface area contributed by atoms with E-state index in [1.54, 1.807) is 0 Å². The normalized spacial score (nSPS) is 31.9. The van der Waals surface area contributed by atoms with E-state index >= 15 is 0 Å². The summed E-state index contributed by atoms with van der Waals surface area (Å²) in [5.41, 5.74) is 6.09. The van der Waals surface area contributed by atoms with Gasteiger partial charge in [-0.2, -0.15) is 0 Å². The van der Waals surface area contributed by atoms with Crippen molar-refractivity contribution in [1.29, 1.82) is 0 Å². The van der Waals surface area contributed by atoms with Gasteiger partial charge in [0.1, 0.15) is 0 Å². The maximum atomic E-state index is 6.09. The zero-order chi connectivity index (χ0) is 9.80. The molecule has 2 atom stereocenters. The molecule has 82 valence electrons. The Balaban J connectivity index is 1.72. The van der Waals surface area contributed by atoms with Gasteiger partial charge in [0.25, 0.3) is 0 Å². The summed E-state index contributed by atoms with van der Waals surface area (Å²) in [6, 6.07) is 0.151. The fraction of sp³-hybridized carbons (Fsp3) is 1.00. The lowest BCUT2D eigenvalue weighted by atomic mass is 9.92. The van der Waals surface area contributed by atoms with Gasteiger partial charge < -0.3 is 19.9 Å². The molecule has 0 radical (unpaired) electrons. The van der Waals surface area contributed by atoms with Crippen LogP contribution in [-0.4, -0.2) is 38.8 Å². The summed E-state index contributed by atoms with van der Waals surface area (Å²) in [4.78, 5) is 0. The quantitative estimate of drug-likeness (QED) is 0.722. The predicted molar refractivity (Wildman–Crippen MR) is 51.8 cm³/mol. The highest BCUT2D eigenvalue weighted by atomic mass is 16.7. The van der Waals surface area contributed by atoms with Crippen LogP contribution in [-0.2, 0) is 14.2 Å². The van der Waals surface area contributed by atoms with Crippen LogP contribution in [0.3, 0.4) is 0 Å². The molecule has 2 aliphatic rings. The third kappa shape index (κ3) is 2.67. The first-order valence-electron chi connectivity index (χ1n) is 5.43. The van der Waals surface area contributed by atoms with E-state index in [-0.39, 0.29) is 12.3 Å². The third-order valence-corrected chi connectivity index (χ3v) is 2.96. The first-order chi connectivity index (χ1) is 6.86. The standard InChI is InChI=1S/C10H19NO3/c11-9(6-10-13-4-5-14-10)8-2-1-3-12-7-8/h8-10H,1-7,11H2. The van der Waals surface area contributed by atoms with Crippen LogP contribution in [0.5, 0.6) is 0 Å². The van der Waals surface area contributed by atoms with Crippen molar-refractivity contribution < 1.29 is 14.2 Å². The molecule has 14 heavy (non-hydrogen) atoms. The molecular formula is C10H19NO3. The maximum Gasteiger partial charge on any atom is 0.159 e. The largest absolute Gasteiger partial charge is 0.381 e. The van der Waals surface area contributed by atoms with Gasteiger partial charge in [-0.25, -0.2) is 0 Å². The monoisotopic (exact) mass is 201 g/mol. The van der Waals surface area contributed by atoms with Gasteiger partial charge in [0.15, 0.2) is 6.29 Å². The minimum atomic E-state index is -0.0769. The van der Waals surface area contributed by atoms with E-state index in [1.165, 1.54) is 6.42 Å². The van der Waals surface area contributed by atoms with Crippen molar-refractivity contribution in [3.05, 3.63) is 0 Å². The van der Waals surface area contributed by atoms with Crippen molar-refractivity contribution in [2.45, 2.75) is 31.6 Å². The zero-order valence-corrected chi connectivity index (χ0v) is 8.48. The smallest absolute Gasteiger partial charge is 0.159 e. The molecule has 2 N–H and O–H groups in total. The molecule has 2 saturated heterocycles. The maximum absolute atomic E-state index is 6.09. The highest BCUT2D eigenvalue weighted by Crippen LogP contribution is 2.21. The Kier molecular flexibility index (Phi) is 3.75. The van der Waals surface area contributed by atoms with Gasteiger partial charge in [-0.05, 0) is 18.8 Å². The number of hydrogen-bond donors (Lipinski definition) is 1. The molecule has 0 spiro atoms. The van der Waals surface area contributed by atoms with E-state index < -0.39 is 0 Å². The molecular weight excluding hydrogens is 182 g/mol. The van der Waals surface area contributed by atoms with Crippen molar-refractivity contribution in [3.63, 3.8) is 0 Å². The van der Waals surface area contributed by atoms with Gasteiger partial charge in [0, 0.05) is 19.1 Å². The summed E-state index contributed by atoms with van der Waals surface area (Å²) < 4.78 is 16.1. The minimum absolute atomic E-state index is 0.0769. The summed E-state index contributed by atoms with van der Waals surface area (Å²) in [6.07, 6.45) is 3.03. The summed E-state index contributed by atoms with van der Waals surface area (Å²) in [5, 5.41) is 0. The molecule has 0 aromatic rings. The van der Waals surface area contributed by atoms with Crippen molar-refractivity contribution in [2.24, 2.45) is 11.7 Å². The SMILES string of the molecule is NC(CC1OCCO1)C1CCCOC1. The van der Waals surface area contributed by atoms with Gasteiger partial charge in [-0.1, -0.05) is 0 Å². The van der Waals surface area contributed by atoms with E-state index in [0.717, 1.165) is 26.1 Å². The number of ether oxygens (including phenoxy) is 3. The Morgan fingerprint density at radius 3 is 2.64 bits per heavy atom. The van der Waals surface area contributed by atoms with E-state index in [2.05, 4.69) is 0 Å². The van der Waals surface area contributed by atoms with Crippen LogP contribution in [0.15, 0.2) is 0 Å². The van der Waals surface area contributed by atoms with Crippen LogP contribution in [0.25, 0.3) is 0 Å². The predicted octanol–water partition coefficient (Wildman–Crippen LogP) is 0.503. The average Bonchev–Trinajstić information content (AvgIpc) is 2.72. The Morgan fingerprint density at radius 2 is 2.00 bits per heavy atom. The molecule has 0 bridgehead atoms. The molecule has 4 heteroatoms. The van der Waals surface area contributed by atoms with Crippen LogP contribution in [0, 0.1) is 5.92 Å². The van der Waals surface area contributed by atoms with Gasteiger partial charge in [-0.15, -0.1) is 0 Å². The average molecular weight is 201 g/mol. The van der Waals surface area contributed by atoms with Crippen LogP contribution in [0.2, 0.25) is 0 Å². The van der Waals surface area contributed by atoms with E-state index in [0.29, 0.717) is 19.1 Å². The molecule has 0 amide bonds. The van der Waals surface area contributed by atoms with Crippen LogP contribution in [0.4, 0.5) is 0 Å². The first kappa shape index (κ1) is 10.4. The molecule has 2 unspecified atom stereocenters. The van der Waals surface area contributed by atoms with Gasteiger partial charge in [-0.3, -0.25) is 0 Å². The molecule has 0 saturated carbocycles. The highest BCUT2D eigenvalue weighted by molar-refractivity contribution is 4.77. The lowest BCUT2D eigenvalue weighted by Gasteiger charge is -2.28. The molecule has 0 aromatic carbocycles. The Morgan fingerprint density at radius 1 is 1.21 bits per heavy atom. The molecule has 2 heterocycles. The summed E-state index contributed by atoms with van der Waals surface area (Å²) >= 11 is 0. The second kappa shape index (κ2) is 5.07. The highest BCUT2D eigenvalue weighted by Gasteiger charge is 2.26. The Hall–Kier alpha value is -0.160. The van der Waals surface area contributed by atoms with Crippen molar-refractivity contribution >= 4 is 0 Å². The lowest BCUT2D eigenvalue weighted by Crippen LogP contribution is -2.38. The van der Waals surface area contributed by atoms with E-state index in [1.807, 2.05) is 0 Å². The van der Waals surface area contributed by atoms with Crippen LogP contribution >= 0.6 is 0 Å². The molecule has 0 aliphatic carbocycles. The fourth-order valence-corrected chi connectivity index (χ4v) is 2.06. The summed E-state index contributed by atoms with van der Waals surface area (Å²) in [7, 11) is 0. The van der Waals surface area contributed by atoms with Crippen molar-refractivity contribution in [2.75, 3.05) is 26.4 Å². The molecule has 0 aromatic heterocycles. The Bertz CT molecular complexity index is 165. The molecule has 2 aliphatic heterocycles. The fourth-order valence-electron chi connectivity index (χ4n) is 2.06. The van der Waals surface area contributed by atoms with Gasteiger partial charge >= 0.3 is 0 Å². The molecule has 4 nitrogen and oxygen atoms in total. The lowest BCUT2D eigenvalue weighted by molar-refractivity contribution is -0.0595. The topological polar surface area (TPSA) is 53.7 Å². The van der Waals surface area contributed by atoms with E-state index in [9.17, 15) is 0 Å². The third-order valence-electron chi connectivity index (χ3n) is 2.96. The van der Waals surface area contributed by atoms with Crippen LogP contribution < -0.4 is 5.73 Å². The van der Waals surface area contributed by atoms with Crippen molar-refractivity contribution in [1.82, 2.24) is 0 Å². The second-order valence-electron chi connectivity index (χ2n) is 4.05. The minimum Gasteiger partial charge on any atom is -0.381 e. The Labute approximate surface area is 84.7 Å². The van der Waals surface area contributed by atoms with Gasteiger partial charge in [0.2, 0.25) is 0 Å². The molecule has 2 fully saturated rings. The first-order valence-corrected chi connectivity index (χ1v) is 5.43. The number of hydrogen-bond acceptors (Lipinski definition) is 4. The molecule has 2 rings (SSSR count). The second-order valence-corrected chi connectivity index (χ2v) is 4.05. The summed E-state index contributed by atoms with van der Waals surface area (Å²) in [6.45, 7) is 3.10. The number of nitrogens with two attached hydrogens (primary N) is 1. The van der Waals surface area contributed by atoms with Gasteiger partial charge in [0.05, 0.1) is 19.8 Å². The zero-order valence-electron chi connectivity index (χ0n) is 8.48. The summed E-state index contributed by atoms with van der Waals surface area (Å²) in [5.74, 6) is 0.483. The number of rotatable bonds is 3.